The van der Waals surface area contributed by atoms with Gasteiger partial charge in [-0.05, 0) is 31.0 Å². The van der Waals surface area contributed by atoms with Gasteiger partial charge in [0, 0.05) is 6.04 Å². The molecule has 0 aromatic heterocycles. The lowest BCUT2D eigenvalue weighted by Crippen LogP contribution is -2.37. The summed E-state index contributed by atoms with van der Waals surface area (Å²) in [6, 6.07) is 7.31. The van der Waals surface area contributed by atoms with Crippen LogP contribution >= 0.6 is 0 Å². The van der Waals surface area contributed by atoms with Gasteiger partial charge in [0.15, 0.2) is 0 Å². The fourth-order valence-electron chi connectivity index (χ4n) is 2.05. The Hall–Kier alpha value is -2.04. The maximum absolute atomic E-state index is 11.8. The van der Waals surface area contributed by atoms with E-state index in [0.717, 1.165) is 17.7 Å². The van der Waals surface area contributed by atoms with Gasteiger partial charge >= 0.3 is 5.97 Å². The van der Waals surface area contributed by atoms with Gasteiger partial charge in [-0.2, -0.15) is 0 Å². The van der Waals surface area contributed by atoms with Crippen molar-refractivity contribution >= 4 is 11.9 Å². The molecule has 1 unspecified atom stereocenters. The van der Waals surface area contributed by atoms with Crippen LogP contribution in [0.1, 0.15) is 38.2 Å². The molecule has 0 saturated carbocycles. The normalized spacial score (nSPS) is 11.7. The Morgan fingerprint density at radius 1 is 1.38 bits per heavy atom. The lowest BCUT2D eigenvalue weighted by Gasteiger charge is -2.16. The Morgan fingerprint density at radius 3 is 2.76 bits per heavy atom. The van der Waals surface area contributed by atoms with Crippen molar-refractivity contribution in [1.82, 2.24) is 5.32 Å². The Labute approximate surface area is 125 Å². The third-order valence-electron chi connectivity index (χ3n) is 3.01. The highest BCUT2D eigenvalue weighted by molar-refractivity contribution is 5.77. The minimum atomic E-state index is -0.898. The van der Waals surface area contributed by atoms with Gasteiger partial charge < -0.3 is 15.2 Å². The Morgan fingerprint density at radius 2 is 2.14 bits per heavy atom. The minimum Gasteiger partial charge on any atom is -0.493 e. The first-order valence-corrected chi connectivity index (χ1v) is 7.22. The van der Waals surface area contributed by atoms with E-state index in [1.807, 2.05) is 38.1 Å². The van der Waals surface area contributed by atoms with Crippen molar-refractivity contribution in [3.8, 4) is 5.75 Å². The van der Waals surface area contributed by atoms with Crippen LogP contribution in [0.4, 0.5) is 0 Å². The second-order valence-electron chi connectivity index (χ2n) is 5.07. The highest BCUT2D eigenvalue weighted by Gasteiger charge is 2.14. The lowest BCUT2D eigenvalue weighted by atomic mass is 10.1. The zero-order valence-corrected chi connectivity index (χ0v) is 12.6. The van der Waals surface area contributed by atoms with E-state index in [4.69, 9.17) is 9.84 Å². The molecule has 21 heavy (non-hydrogen) atoms. The largest absolute Gasteiger partial charge is 0.493 e. The van der Waals surface area contributed by atoms with E-state index in [9.17, 15) is 9.59 Å². The summed E-state index contributed by atoms with van der Waals surface area (Å²) in [7, 11) is 0. The summed E-state index contributed by atoms with van der Waals surface area (Å²) >= 11 is 0. The van der Waals surface area contributed by atoms with Crippen molar-refractivity contribution in [2.45, 2.75) is 45.6 Å². The molecule has 116 valence electrons. The average molecular weight is 293 g/mol. The van der Waals surface area contributed by atoms with Crippen LogP contribution in [0, 0.1) is 6.92 Å². The first-order chi connectivity index (χ1) is 10.0. The maximum Gasteiger partial charge on any atom is 0.305 e. The zero-order valence-electron chi connectivity index (χ0n) is 12.6. The van der Waals surface area contributed by atoms with E-state index in [1.54, 1.807) is 0 Å². The first-order valence-electron chi connectivity index (χ1n) is 7.22. The molecular weight excluding hydrogens is 270 g/mol. The number of ether oxygens (including phenoxy) is 1. The summed E-state index contributed by atoms with van der Waals surface area (Å²) < 4.78 is 5.50. The number of hydrogen-bond acceptors (Lipinski definition) is 3. The van der Waals surface area contributed by atoms with Gasteiger partial charge in [0.1, 0.15) is 5.75 Å². The third-order valence-corrected chi connectivity index (χ3v) is 3.01. The molecule has 1 amide bonds. The van der Waals surface area contributed by atoms with E-state index >= 15 is 0 Å². The van der Waals surface area contributed by atoms with Crippen molar-refractivity contribution in [2.75, 3.05) is 6.61 Å². The average Bonchev–Trinajstić information content (AvgIpc) is 2.38. The number of aliphatic carboxylic acids is 1. The molecule has 0 bridgehead atoms. The summed E-state index contributed by atoms with van der Waals surface area (Å²) in [5.74, 6) is -0.342. The molecule has 5 heteroatoms. The molecule has 0 spiro atoms. The van der Waals surface area contributed by atoms with Crippen LogP contribution in [0.2, 0.25) is 0 Å². The molecule has 1 atom stereocenters. The molecule has 1 aromatic carbocycles. The van der Waals surface area contributed by atoms with Gasteiger partial charge in [0.2, 0.25) is 5.91 Å². The number of rotatable bonds is 9. The fourth-order valence-corrected chi connectivity index (χ4v) is 2.05. The number of carboxylic acid groups (broad SMARTS) is 1. The van der Waals surface area contributed by atoms with Gasteiger partial charge in [0.25, 0.3) is 0 Å². The Balaban J connectivity index is 2.33. The van der Waals surface area contributed by atoms with E-state index < -0.39 is 5.97 Å². The summed E-state index contributed by atoms with van der Waals surface area (Å²) in [6.45, 7) is 4.21. The van der Waals surface area contributed by atoms with E-state index in [0.29, 0.717) is 6.42 Å². The smallest absolute Gasteiger partial charge is 0.305 e. The van der Waals surface area contributed by atoms with Crippen LogP contribution in [0.25, 0.3) is 0 Å². The van der Waals surface area contributed by atoms with Gasteiger partial charge in [-0.1, -0.05) is 25.5 Å². The maximum atomic E-state index is 11.8. The van der Waals surface area contributed by atoms with Crippen molar-refractivity contribution < 1.29 is 19.4 Å². The van der Waals surface area contributed by atoms with Crippen molar-refractivity contribution in [1.29, 1.82) is 0 Å². The number of carboxylic acids is 1. The molecule has 0 aliphatic heterocycles. The third kappa shape index (κ3) is 7.34. The summed E-state index contributed by atoms with van der Waals surface area (Å²) in [4.78, 5) is 22.5. The van der Waals surface area contributed by atoms with Crippen LogP contribution in [0.5, 0.6) is 5.75 Å². The molecule has 5 nitrogen and oxygen atoms in total. The Bertz CT molecular complexity index is 473. The number of carbonyl (C=O) groups is 2. The quantitative estimate of drug-likeness (QED) is 0.733. The SMILES string of the molecule is CCCC(CC(=O)O)NC(=O)CCOc1cccc(C)c1. The first kappa shape index (κ1) is 17.0. The molecule has 0 aliphatic carbocycles. The molecule has 0 saturated heterocycles. The van der Waals surface area contributed by atoms with E-state index in [-0.39, 0.29) is 31.4 Å². The molecule has 2 N–H and O–H groups in total. The van der Waals surface area contributed by atoms with Crippen molar-refractivity contribution in [2.24, 2.45) is 0 Å². The van der Waals surface area contributed by atoms with E-state index in [1.165, 1.54) is 0 Å². The fraction of sp³-hybridized carbons (Fsp3) is 0.500. The van der Waals surface area contributed by atoms with Crippen LogP contribution in [0.15, 0.2) is 24.3 Å². The molecule has 1 rings (SSSR count). The second kappa shape index (κ2) is 9.00. The number of amides is 1. The highest BCUT2D eigenvalue weighted by Crippen LogP contribution is 2.12. The van der Waals surface area contributed by atoms with Crippen LogP contribution in [-0.2, 0) is 9.59 Å². The zero-order chi connectivity index (χ0) is 15.7. The standard InChI is InChI=1S/C16H23NO4/c1-3-5-13(11-16(19)20)17-15(18)8-9-21-14-7-4-6-12(2)10-14/h4,6-7,10,13H,3,5,8-9,11H2,1-2H3,(H,17,18)(H,19,20). The summed E-state index contributed by atoms with van der Waals surface area (Å²) in [6.07, 6.45) is 1.67. The van der Waals surface area contributed by atoms with Gasteiger partial charge in [-0.3, -0.25) is 9.59 Å². The lowest BCUT2D eigenvalue weighted by molar-refractivity contribution is -0.137. The van der Waals surface area contributed by atoms with Crippen molar-refractivity contribution in [3.05, 3.63) is 29.8 Å². The molecular formula is C16H23NO4. The van der Waals surface area contributed by atoms with Gasteiger partial charge in [-0.25, -0.2) is 0 Å². The predicted molar refractivity (Wildman–Crippen MR) is 80.4 cm³/mol. The number of carbonyl (C=O) groups excluding carboxylic acids is 1. The van der Waals surface area contributed by atoms with Crippen LogP contribution < -0.4 is 10.1 Å². The second-order valence-corrected chi connectivity index (χ2v) is 5.07. The minimum absolute atomic E-state index is 0.0433. The van der Waals surface area contributed by atoms with Crippen LogP contribution in [0.3, 0.4) is 0 Å². The Kier molecular flexibility index (Phi) is 7.29. The molecule has 1 aromatic rings. The summed E-state index contributed by atoms with van der Waals surface area (Å²) in [5, 5.41) is 11.5. The molecule has 0 heterocycles. The van der Waals surface area contributed by atoms with Crippen molar-refractivity contribution in [3.63, 3.8) is 0 Å². The monoisotopic (exact) mass is 293 g/mol. The highest BCUT2D eigenvalue weighted by atomic mass is 16.5. The molecule has 0 fully saturated rings. The van der Waals surface area contributed by atoms with Gasteiger partial charge in [0.05, 0.1) is 19.4 Å². The number of benzene rings is 1. The predicted octanol–water partition coefficient (Wildman–Crippen LogP) is 2.52. The van der Waals surface area contributed by atoms with E-state index in [2.05, 4.69) is 5.32 Å². The molecule has 0 radical (unpaired) electrons. The summed E-state index contributed by atoms with van der Waals surface area (Å²) in [5.41, 5.74) is 1.10. The van der Waals surface area contributed by atoms with Crippen LogP contribution in [-0.4, -0.2) is 29.6 Å². The molecule has 0 aliphatic rings. The number of nitrogens with one attached hydrogen (secondary N) is 1. The topological polar surface area (TPSA) is 75.6 Å². The number of aryl methyl sites for hydroxylation is 1. The van der Waals surface area contributed by atoms with Gasteiger partial charge in [-0.15, -0.1) is 0 Å². The number of hydrogen-bond donors (Lipinski definition) is 2.